The van der Waals surface area contributed by atoms with E-state index in [9.17, 15) is 14.7 Å². The van der Waals surface area contributed by atoms with Crippen molar-refractivity contribution in [3.63, 3.8) is 0 Å². The summed E-state index contributed by atoms with van der Waals surface area (Å²) in [5, 5.41) is 21.1. The molecule has 0 spiro atoms. The predicted octanol–water partition coefficient (Wildman–Crippen LogP) is 1.50. The van der Waals surface area contributed by atoms with Gasteiger partial charge in [0.15, 0.2) is 0 Å². The largest absolute Gasteiger partial charge is 0.480 e. The molecule has 0 aromatic heterocycles. The third-order valence-corrected chi connectivity index (χ3v) is 3.45. The van der Waals surface area contributed by atoms with Crippen molar-refractivity contribution in [2.45, 2.75) is 18.6 Å². The van der Waals surface area contributed by atoms with Crippen LogP contribution in [0.3, 0.4) is 0 Å². The molecule has 19 heavy (non-hydrogen) atoms. The van der Waals surface area contributed by atoms with Crippen molar-refractivity contribution in [2.24, 2.45) is 0 Å². The number of hydrogen-bond acceptors (Lipinski definition) is 3. The molecule has 2 amide bonds. The Labute approximate surface area is 118 Å². The third kappa shape index (κ3) is 3.24. The molecule has 0 bridgehead atoms. The van der Waals surface area contributed by atoms with Gasteiger partial charge in [-0.05, 0) is 24.3 Å². The minimum atomic E-state index is -1.11. The smallest absolute Gasteiger partial charge is 0.326 e. The van der Waals surface area contributed by atoms with Gasteiger partial charge in [0, 0.05) is 23.1 Å². The first kappa shape index (κ1) is 13.8. The number of carbonyl (C=O) groups excluding carboxylic acids is 1. The number of benzene rings is 1. The maximum absolute atomic E-state index is 12.0. The highest BCUT2D eigenvalue weighted by Gasteiger charge is 2.38. The minimum Gasteiger partial charge on any atom is -0.480 e. The molecule has 1 aromatic rings. The van der Waals surface area contributed by atoms with E-state index in [4.69, 9.17) is 5.11 Å². The zero-order valence-corrected chi connectivity index (χ0v) is 11.5. The first-order valence-corrected chi connectivity index (χ1v) is 6.50. The molecule has 1 heterocycles. The van der Waals surface area contributed by atoms with Crippen LogP contribution in [0.15, 0.2) is 28.7 Å². The zero-order valence-electron chi connectivity index (χ0n) is 9.91. The molecular weight excluding hydrogens is 316 g/mol. The van der Waals surface area contributed by atoms with Crippen LogP contribution in [-0.2, 0) is 4.79 Å². The number of carbonyl (C=O) groups is 2. The summed E-state index contributed by atoms with van der Waals surface area (Å²) in [7, 11) is 0. The summed E-state index contributed by atoms with van der Waals surface area (Å²) in [6, 6.07) is 5.43. The number of nitrogens with one attached hydrogen (secondary N) is 1. The molecule has 1 fully saturated rings. The van der Waals surface area contributed by atoms with E-state index in [1.165, 1.54) is 0 Å². The lowest BCUT2D eigenvalue weighted by Crippen LogP contribution is -2.43. The van der Waals surface area contributed by atoms with Crippen LogP contribution >= 0.6 is 15.9 Å². The number of aliphatic hydroxyl groups is 1. The van der Waals surface area contributed by atoms with Crippen LogP contribution in [0.4, 0.5) is 10.5 Å². The quantitative estimate of drug-likeness (QED) is 0.767. The van der Waals surface area contributed by atoms with E-state index in [0.29, 0.717) is 5.69 Å². The lowest BCUT2D eigenvalue weighted by Gasteiger charge is -2.21. The molecule has 1 aliphatic heterocycles. The molecule has 0 unspecified atom stereocenters. The van der Waals surface area contributed by atoms with Crippen LogP contribution in [-0.4, -0.2) is 45.8 Å². The maximum Gasteiger partial charge on any atom is 0.326 e. The molecule has 1 aromatic carbocycles. The number of aliphatic hydroxyl groups excluding tert-OH is 1. The van der Waals surface area contributed by atoms with Crippen molar-refractivity contribution < 1.29 is 19.8 Å². The summed E-state index contributed by atoms with van der Waals surface area (Å²) in [5.74, 6) is -1.11. The van der Waals surface area contributed by atoms with Gasteiger partial charge < -0.3 is 20.4 Å². The Kier molecular flexibility index (Phi) is 4.06. The Bertz CT molecular complexity index is 491. The fourth-order valence-electron chi connectivity index (χ4n) is 2.00. The molecule has 0 aliphatic carbocycles. The van der Waals surface area contributed by atoms with Crippen molar-refractivity contribution >= 4 is 33.6 Å². The molecule has 1 saturated heterocycles. The second-order valence-corrected chi connectivity index (χ2v) is 5.25. The van der Waals surface area contributed by atoms with Crippen molar-refractivity contribution in [1.82, 2.24) is 4.90 Å². The summed E-state index contributed by atoms with van der Waals surface area (Å²) < 4.78 is 0.880. The predicted molar refractivity (Wildman–Crippen MR) is 71.9 cm³/mol. The van der Waals surface area contributed by atoms with Gasteiger partial charge in [-0.3, -0.25) is 0 Å². The van der Waals surface area contributed by atoms with Gasteiger partial charge in [0.2, 0.25) is 0 Å². The van der Waals surface area contributed by atoms with E-state index in [0.717, 1.165) is 9.37 Å². The van der Waals surface area contributed by atoms with Gasteiger partial charge in [-0.25, -0.2) is 9.59 Å². The number of amides is 2. The first-order chi connectivity index (χ1) is 8.97. The van der Waals surface area contributed by atoms with E-state index in [1.807, 2.05) is 0 Å². The molecule has 1 aliphatic rings. The van der Waals surface area contributed by atoms with Gasteiger partial charge in [-0.15, -0.1) is 0 Å². The van der Waals surface area contributed by atoms with E-state index in [1.54, 1.807) is 24.3 Å². The highest BCUT2D eigenvalue weighted by molar-refractivity contribution is 9.10. The standard InChI is InChI=1S/C12H13BrN2O4/c13-7-1-3-8(4-2-7)14-12(19)15-6-9(16)5-10(15)11(17)18/h1-4,9-10,16H,5-6H2,(H,14,19)(H,17,18)/t9-,10+/m1/s1. The maximum atomic E-state index is 12.0. The average molecular weight is 329 g/mol. The molecule has 2 rings (SSSR count). The van der Waals surface area contributed by atoms with Crippen LogP contribution in [0.1, 0.15) is 6.42 Å². The SMILES string of the molecule is O=C(O)[C@@H]1C[C@@H](O)CN1C(=O)Nc1ccc(Br)cc1. The average Bonchev–Trinajstić information content (AvgIpc) is 2.74. The van der Waals surface area contributed by atoms with Gasteiger partial charge >= 0.3 is 12.0 Å². The molecule has 6 nitrogen and oxygen atoms in total. The highest BCUT2D eigenvalue weighted by Crippen LogP contribution is 2.20. The van der Waals surface area contributed by atoms with Crippen LogP contribution in [0, 0.1) is 0 Å². The van der Waals surface area contributed by atoms with Crippen molar-refractivity contribution in [2.75, 3.05) is 11.9 Å². The second-order valence-electron chi connectivity index (χ2n) is 4.33. The molecule has 2 atom stereocenters. The number of carboxylic acids is 1. The summed E-state index contributed by atoms with van der Waals surface area (Å²) in [6.45, 7) is 0.0271. The Hall–Kier alpha value is -1.60. The fraction of sp³-hybridized carbons (Fsp3) is 0.333. The molecule has 0 saturated carbocycles. The Balaban J connectivity index is 2.06. The fourth-order valence-corrected chi connectivity index (χ4v) is 2.27. The number of hydrogen-bond donors (Lipinski definition) is 3. The van der Waals surface area contributed by atoms with E-state index >= 15 is 0 Å². The molecule has 102 valence electrons. The summed E-state index contributed by atoms with van der Waals surface area (Å²) in [6.07, 6.45) is -0.736. The Morgan fingerprint density at radius 2 is 1.95 bits per heavy atom. The normalized spacial score (nSPS) is 22.3. The van der Waals surface area contributed by atoms with Gasteiger partial charge in [0.05, 0.1) is 6.10 Å². The summed E-state index contributed by atoms with van der Waals surface area (Å²) >= 11 is 3.28. The van der Waals surface area contributed by atoms with Gasteiger partial charge in [-0.1, -0.05) is 15.9 Å². The van der Waals surface area contributed by atoms with E-state index in [-0.39, 0.29) is 13.0 Å². The number of rotatable bonds is 2. The van der Waals surface area contributed by atoms with Crippen LogP contribution in [0.2, 0.25) is 0 Å². The number of anilines is 1. The van der Waals surface area contributed by atoms with E-state index in [2.05, 4.69) is 21.2 Å². The number of urea groups is 1. The van der Waals surface area contributed by atoms with Crippen LogP contribution in [0.5, 0.6) is 0 Å². The lowest BCUT2D eigenvalue weighted by molar-refractivity contribution is -0.141. The third-order valence-electron chi connectivity index (χ3n) is 2.92. The first-order valence-electron chi connectivity index (χ1n) is 5.71. The van der Waals surface area contributed by atoms with Gasteiger partial charge in [0.25, 0.3) is 0 Å². The summed E-state index contributed by atoms with van der Waals surface area (Å²) in [4.78, 5) is 24.1. The number of aliphatic carboxylic acids is 1. The molecular formula is C12H13BrN2O4. The van der Waals surface area contributed by atoms with Crippen molar-refractivity contribution in [3.8, 4) is 0 Å². The topological polar surface area (TPSA) is 89.9 Å². The number of β-amino-alcohol motifs (C(OH)–C–C–N with tert-alkyl or cyclic N) is 1. The van der Waals surface area contributed by atoms with Gasteiger partial charge in [0.1, 0.15) is 6.04 Å². The second kappa shape index (κ2) is 5.58. The van der Waals surface area contributed by atoms with Crippen LogP contribution < -0.4 is 5.32 Å². The molecule has 3 N–H and O–H groups in total. The van der Waals surface area contributed by atoms with Crippen molar-refractivity contribution in [1.29, 1.82) is 0 Å². The zero-order chi connectivity index (χ0) is 14.0. The van der Waals surface area contributed by atoms with Gasteiger partial charge in [-0.2, -0.15) is 0 Å². The number of halogens is 1. The number of likely N-dealkylation sites (tertiary alicyclic amines) is 1. The van der Waals surface area contributed by atoms with E-state index < -0.39 is 24.1 Å². The number of nitrogens with zero attached hydrogens (tertiary/aromatic N) is 1. The lowest BCUT2D eigenvalue weighted by atomic mass is 10.2. The van der Waals surface area contributed by atoms with Crippen molar-refractivity contribution in [3.05, 3.63) is 28.7 Å². The minimum absolute atomic E-state index is 0.0271. The van der Waals surface area contributed by atoms with Crippen LogP contribution in [0.25, 0.3) is 0 Å². The monoisotopic (exact) mass is 328 g/mol. The Morgan fingerprint density at radius 1 is 1.32 bits per heavy atom. The molecule has 0 radical (unpaired) electrons. The Morgan fingerprint density at radius 3 is 2.53 bits per heavy atom. The summed E-state index contributed by atoms with van der Waals surface area (Å²) in [5.41, 5.74) is 0.568. The highest BCUT2D eigenvalue weighted by atomic mass is 79.9. The molecule has 7 heteroatoms. The number of carboxylic acid groups (broad SMARTS) is 1.